The van der Waals surface area contributed by atoms with E-state index in [1.54, 1.807) is 12.5 Å². The molecule has 1 aromatic carbocycles. The maximum atomic E-state index is 12.4. The predicted octanol–water partition coefficient (Wildman–Crippen LogP) is 3.97. The highest BCUT2D eigenvalue weighted by Crippen LogP contribution is 2.39. The van der Waals surface area contributed by atoms with Crippen molar-refractivity contribution >= 4 is 42.8 Å². The third-order valence-corrected chi connectivity index (χ3v) is 5.42. The Morgan fingerprint density at radius 2 is 2.04 bits per heavy atom. The molecule has 0 atom stereocenters. The normalized spacial score (nSPS) is 15.5. The van der Waals surface area contributed by atoms with Gasteiger partial charge in [0.2, 0.25) is 0 Å². The molecule has 3 heterocycles. The third-order valence-electron chi connectivity index (χ3n) is 4.81. The molecule has 1 aliphatic heterocycles. The van der Waals surface area contributed by atoms with E-state index in [-0.39, 0.29) is 5.92 Å². The molecule has 0 aliphatic carbocycles. The minimum absolute atomic E-state index is 0.235. The van der Waals surface area contributed by atoms with Gasteiger partial charge in [0, 0.05) is 45.1 Å². The first-order valence-corrected chi connectivity index (χ1v) is 11.5. The molecule has 0 bridgehead atoms. The van der Waals surface area contributed by atoms with E-state index >= 15 is 0 Å². The second kappa shape index (κ2) is 6.73. The summed E-state index contributed by atoms with van der Waals surface area (Å²) >= 11 is 0. The summed E-state index contributed by atoms with van der Waals surface area (Å²) in [7, 11) is -2.33. The van der Waals surface area contributed by atoms with Crippen LogP contribution < -0.4 is 5.32 Å². The van der Waals surface area contributed by atoms with Crippen molar-refractivity contribution in [3.8, 4) is 0 Å². The van der Waals surface area contributed by atoms with Crippen LogP contribution in [0.25, 0.3) is 27.2 Å². The molecule has 0 saturated carbocycles. The van der Waals surface area contributed by atoms with Crippen LogP contribution in [0, 0.1) is 0 Å². The molecular weight excluding hydrogens is 358 g/mol. The van der Waals surface area contributed by atoms with Crippen LogP contribution in [0.5, 0.6) is 0 Å². The zero-order chi connectivity index (χ0) is 19.2. The molecule has 0 unspecified atom stereocenters. The molecule has 27 heavy (non-hydrogen) atoms. The largest absolute Gasteiger partial charge is 0.313 e. The summed E-state index contributed by atoms with van der Waals surface area (Å²) < 4.78 is 16.9. The molecule has 4 rings (SSSR count). The lowest BCUT2D eigenvalue weighted by Crippen LogP contribution is -2.20. The zero-order valence-corrected chi connectivity index (χ0v) is 17.0. The average molecular weight is 384 g/mol. The number of hydrogen-bond donors (Lipinski definition) is 2. The number of aromatic nitrogens is 3. The molecule has 7 heteroatoms. The molecule has 1 aliphatic rings. The Hall–Kier alpha value is -2.25. The van der Waals surface area contributed by atoms with Crippen LogP contribution in [0.4, 0.5) is 5.82 Å². The molecule has 2 N–H and O–H groups in total. The van der Waals surface area contributed by atoms with Crippen LogP contribution >= 0.6 is 0 Å². The number of nitrogens with one attached hydrogen (secondary N) is 2. The van der Waals surface area contributed by atoms with E-state index in [2.05, 4.69) is 45.9 Å². The summed E-state index contributed by atoms with van der Waals surface area (Å²) in [6, 6.07) is 4.19. The van der Waals surface area contributed by atoms with Gasteiger partial charge in [-0.1, -0.05) is 19.9 Å². The Morgan fingerprint density at radius 1 is 1.22 bits per heavy atom. The first kappa shape index (κ1) is 18.1. The van der Waals surface area contributed by atoms with Gasteiger partial charge in [0.05, 0.1) is 17.4 Å². The van der Waals surface area contributed by atoms with Crippen molar-refractivity contribution in [3.05, 3.63) is 35.7 Å². The lowest BCUT2D eigenvalue weighted by atomic mass is 9.89. The molecule has 0 spiro atoms. The van der Waals surface area contributed by atoms with Gasteiger partial charge in [0.15, 0.2) is 5.82 Å². The fourth-order valence-corrected chi connectivity index (χ4v) is 4.19. The highest BCUT2D eigenvalue weighted by molar-refractivity contribution is 7.92. The standard InChI is InChI=1S/C20H25N5OS/c1-12(2)19-18(13-5-7-21-8-6-13)15-9-14-11-22-24-17(14)10-16(15)20(23-19)25-27(3,4)26/h5,9-12,21H,6-8H2,1-4H3,(H,22,24). The second-order valence-electron chi connectivity index (χ2n) is 7.66. The SMILES string of the molecule is CC(C)c1nc(N=S(C)(C)=O)c2cc3[nH]ncc3cc2c1C1=CCNCC1. The summed E-state index contributed by atoms with van der Waals surface area (Å²) in [5.74, 6) is 0.789. The summed E-state index contributed by atoms with van der Waals surface area (Å²) in [5, 5.41) is 13.7. The average Bonchev–Trinajstić information content (AvgIpc) is 3.06. The topological polar surface area (TPSA) is 83.0 Å². The minimum atomic E-state index is -2.33. The molecule has 3 aromatic rings. The third kappa shape index (κ3) is 3.49. The van der Waals surface area contributed by atoms with Crippen molar-refractivity contribution in [1.82, 2.24) is 20.5 Å². The first-order chi connectivity index (χ1) is 12.8. The molecule has 6 nitrogen and oxygen atoms in total. The molecule has 0 saturated heterocycles. The highest BCUT2D eigenvalue weighted by Gasteiger charge is 2.21. The van der Waals surface area contributed by atoms with Gasteiger partial charge in [0.1, 0.15) is 0 Å². The summed E-state index contributed by atoms with van der Waals surface area (Å²) in [5.41, 5.74) is 4.46. The summed E-state index contributed by atoms with van der Waals surface area (Å²) in [6.45, 7) is 6.12. The van der Waals surface area contributed by atoms with Gasteiger partial charge in [-0.2, -0.15) is 9.46 Å². The van der Waals surface area contributed by atoms with Crippen LogP contribution in [0.3, 0.4) is 0 Å². The molecule has 142 valence electrons. The van der Waals surface area contributed by atoms with Crippen molar-refractivity contribution in [2.24, 2.45) is 4.36 Å². The Balaban J connectivity index is 2.17. The van der Waals surface area contributed by atoms with Crippen molar-refractivity contribution in [3.63, 3.8) is 0 Å². The van der Waals surface area contributed by atoms with Gasteiger partial charge in [-0.15, -0.1) is 0 Å². The quantitative estimate of drug-likeness (QED) is 0.717. The number of benzene rings is 1. The van der Waals surface area contributed by atoms with E-state index in [4.69, 9.17) is 4.98 Å². The van der Waals surface area contributed by atoms with Gasteiger partial charge in [-0.3, -0.25) is 5.10 Å². The van der Waals surface area contributed by atoms with Crippen molar-refractivity contribution in [1.29, 1.82) is 0 Å². The van der Waals surface area contributed by atoms with E-state index in [1.165, 1.54) is 11.1 Å². The first-order valence-electron chi connectivity index (χ1n) is 9.21. The number of H-pyrrole nitrogens is 1. The van der Waals surface area contributed by atoms with E-state index in [0.29, 0.717) is 5.82 Å². The van der Waals surface area contributed by atoms with Crippen LogP contribution in [0.1, 0.15) is 37.4 Å². The van der Waals surface area contributed by atoms with E-state index in [9.17, 15) is 4.21 Å². The predicted molar refractivity (Wildman–Crippen MR) is 113 cm³/mol. The number of rotatable bonds is 3. The molecule has 0 fully saturated rings. The molecule has 0 amide bonds. The fraction of sp³-hybridized carbons (Fsp3) is 0.400. The second-order valence-corrected chi connectivity index (χ2v) is 10.2. The molecular formula is C20H25N5OS. The van der Waals surface area contributed by atoms with Gasteiger partial charge in [-0.25, -0.2) is 9.19 Å². The van der Waals surface area contributed by atoms with Gasteiger partial charge >= 0.3 is 0 Å². The maximum absolute atomic E-state index is 12.4. The maximum Gasteiger partial charge on any atom is 0.169 e. The van der Waals surface area contributed by atoms with Gasteiger partial charge in [0.25, 0.3) is 0 Å². The van der Waals surface area contributed by atoms with Crippen LogP contribution in [0.15, 0.2) is 28.8 Å². The minimum Gasteiger partial charge on any atom is -0.313 e. The van der Waals surface area contributed by atoms with Crippen molar-refractivity contribution in [2.45, 2.75) is 26.2 Å². The van der Waals surface area contributed by atoms with Crippen LogP contribution in [0.2, 0.25) is 0 Å². The summed E-state index contributed by atoms with van der Waals surface area (Å²) in [6.07, 6.45) is 8.35. The fourth-order valence-electron chi connectivity index (χ4n) is 3.63. The van der Waals surface area contributed by atoms with E-state index in [1.807, 2.05) is 12.3 Å². The molecule has 2 aromatic heterocycles. The van der Waals surface area contributed by atoms with Crippen molar-refractivity contribution in [2.75, 3.05) is 25.6 Å². The van der Waals surface area contributed by atoms with Crippen LogP contribution in [-0.2, 0) is 9.73 Å². The van der Waals surface area contributed by atoms with Crippen LogP contribution in [-0.4, -0.2) is 45.0 Å². The number of fused-ring (bicyclic) bond motifs is 2. The van der Waals surface area contributed by atoms with E-state index < -0.39 is 9.73 Å². The lowest BCUT2D eigenvalue weighted by molar-refractivity contribution is 0.684. The smallest absolute Gasteiger partial charge is 0.169 e. The highest BCUT2D eigenvalue weighted by atomic mass is 32.2. The summed E-state index contributed by atoms with van der Waals surface area (Å²) in [4.78, 5) is 4.91. The Kier molecular flexibility index (Phi) is 4.52. The van der Waals surface area contributed by atoms with Gasteiger partial charge < -0.3 is 5.32 Å². The van der Waals surface area contributed by atoms with E-state index in [0.717, 1.165) is 46.9 Å². The lowest BCUT2D eigenvalue weighted by Gasteiger charge is -2.21. The number of nitrogens with zero attached hydrogens (tertiary/aromatic N) is 3. The number of pyridine rings is 1. The zero-order valence-electron chi connectivity index (χ0n) is 16.2. The Bertz CT molecular complexity index is 1170. The molecule has 0 radical (unpaired) electrons. The van der Waals surface area contributed by atoms with Gasteiger partial charge in [-0.05, 0) is 42.0 Å². The Labute approximate surface area is 159 Å². The number of aromatic amines is 1. The Morgan fingerprint density at radius 3 is 2.70 bits per heavy atom. The van der Waals surface area contributed by atoms with Crippen molar-refractivity contribution < 1.29 is 4.21 Å². The monoisotopic (exact) mass is 383 g/mol. The number of hydrogen-bond acceptors (Lipinski definition) is 5.